The number of nitriles is 2. The van der Waals surface area contributed by atoms with E-state index >= 15 is 0 Å². The van der Waals surface area contributed by atoms with Gasteiger partial charge >= 0.3 is 0 Å². The van der Waals surface area contributed by atoms with Crippen molar-refractivity contribution in [1.82, 2.24) is 0 Å². The summed E-state index contributed by atoms with van der Waals surface area (Å²) in [4.78, 5) is 1.42. The maximum absolute atomic E-state index is 13.6. The van der Waals surface area contributed by atoms with E-state index in [-0.39, 0.29) is 18.7 Å². The molecule has 0 heterocycles. The molecule has 0 radical (unpaired) electrons. The van der Waals surface area contributed by atoms with Gasteiger partial charge in [0.25, 0.3) is 0 Å². The van der Waals surface area contributed by atoms with Gasteiger partial charge in [0.05, 0.1) is 18.2 Å². The molecule has 0 bridgehead atoms. The van der Waals surface area contributed by atoms with Gasteiger partial charge in [-0.2, -0.15) is 10.5 Å². The summed E-state index contributed by atoms with van der Waals surface area (Å²) >= 11 is 0. The minimum atomic E-state index is -0.994. The summed E-state index contributed by atoms with van der Waals surface area (Å²) in [5.74, 6) is -0.543. The van der Waals surface area contributed by atoms with E-state index in [4.69, 9.17) is 10.5 Å². The van der Waals surface area contributed by atoms with E-state index in [1.165, 1.54) is 24.0 Å². The van der Waals surface area contributed by atoms with Crippen LogP contribution in [-0.4, -0.2) is 18.2 Å². The number of rotatable bonds is 4. The van der Waals surface area contributed by atoms with Gasteiger partial charge in [-0.3, -0.25) is 0 Å². The standard InChI is InChI=1S/C12H12FN3O/c1-9(17)12-10(13)3-2-4-11(12)16(7-5-14)8-6-15/h2-4,9,17H,7-8H2,1H3/t9-/m1/s1. The highest BCUT2D eigenvalue weighted by Crippen LogP contribution is 2.28. The normalized spacial score (nSPS) is 11.4. The largest absolute Gasteiger partial charge is 0.389 e. The van der Waals surface area contributed by atoms with Crippen molar-refractivity contribution in [2.24, 2.45) is 0 Å². The van der Waals surface area contributed by atoms with Gasteiger partial charge in [0.2, 0.25) is 0 Å². The predicted molar refractivity (Wildman–Crippen MR) is 60.5 cm³/mol. The molecule has 1 rings (SSSR count). The molecule has 1 aromatic rings. The first-order valence-electron chi connectivity index (χ1n) is 5.07. The smallest absolute Gasteiger partial charge is 0.131 e. The molecular formula is C12H12FN3O. The Kier molecular flexibility index (Phi) is 4.45. The van der Waals surface area contributed by atoms with Crippen molar-refractivity contribution in [2.75, 3.05) is 18.0 Å². The third-order valence-corrected chi connectivity index (χ3v) is 2.31. The number of aliphatic hydroxyl groups excluding tert-OH is 1. The molecule has 17 heavy (non-hydrogen) atoms. The second-order valence-corrected chi connectivity index (χ2v) is 3.52. The van der Waals surface area contributed by atoms with Gasteiger partial charge in [-0.1, -0.05) is 6.07 Å². The molecule has 4 nitrogen and oxygen atoms in total. The lowest BCUT2D eigenvalue weighted by Crippen LogP contribution is -2.25. The van der Waals surface area contributed by atoms with Crippen LogP contribution in [0.2, 0.25) is 0 Å². The summed E-state index contributed by atoms with van der Waals surface area (Å²) in [7, 11) is 0. The minimum Gasteiger partial charge on any atom is -0.389 e. The van der Waals surface area contributed by atoms with Gasteiger partial charge in [-0.05, 0) is 19.1 Å². The molecule has 0 saturated carbocycles. The summed E-state index contributed by atoms with van der Waals surface area (Å²) < 4.78 is 13.6. The predicted octanol–water partition coefficient (Wildman–Crippen LogP) is 1.73. The molecular weight excluding hydrogens is 221 g/mol. The van der Waals surface area contributed by atoms with Crippen LogP contribution in [0.15, 0.2) is 18.2 Å². The Balaban J connectivity index is 3.24. The molecule has 0 aromatic heterocycles. The fourth-order valence-electron chi connectivity index (χ4n) is 1.61. The molecule has 1 atom stereocenters. The maximum Gasteiger partial charge on any atom is 0.131 e. The number of hydrogen-bond donors (Lipinski definition) is 1. The monoisotopic (exact) mass is 233 g/mol. The molecule has 0 aliphatic carbocycles. The van der Waals surface area contributed by atoms with E-state index in [1.54, 1.807) is 6.07 Å². The molecule has 5 heteroatoms. The molecule has 0 spiro atoms. The van der Waals surface area contributed by atoms with Crippen molar-refractivity contribution >= 4 is 5.69 Å². The lowest BCUT2D eigenvalue weighted by atomic mass is 10.1. The first kappa shape index (κ1) is 13.0. The van der Waals surface area contributed by atoms with Gasteiger partial charge in [0, 0.05) is 11.3 Å². The van der Waals surface area contributed by atoms with Crippen LogP contribution in [0.1, 0.15) is 18.6 Å². The van der Waals surface area contributed by atoms with Gasteiger partial charge in [0.15, 0.2) is 0 Å². The summed E-state index contributed by atoms with van der Waals surface area (Å²) in [6.07, 6.45) is -0.994. The van der Waals surface area contributed by atoms with E-state index in [2.05, 4.69) is 0 Å². The third-order valence-electron chi connectivity index (χ3n) is 2.31. The maximum atomic E-state index is 13.6. The van der Waals surface area contributed by atoms with Crippen LogP contribution in [0, 0.1) is 28.5 Å². The van der Waals surface area contributed by atoms with E-state index in [0.717, 1.165) is 0 Å². The van der Waals surface area contributed by atoms with Gasteiger partial charge < -0.3 is 10.0 Å². The molecule has 1 aromatic carbocycles. The Morgan fingerprint density at radius 3 is 2.41 bits per heavy atom. The molecule has 0 saturated heterocycles. The Morgan fingerprint density at radius 1 is 1.35 bits per heavy atom. The zero-order valence-corrected chi connectivity index (χ0v) is 9.39. The molecule has 88 valence electrons. The highest BCUT2D eigenvalue weighted by atomic mass is 19.1. The molecule has 0 amide bonds. The SMILES string of the molecule is C[C@@H](O)c1c(F)cccc1N(CC#N)CC#N. The van der Waals surface area contributed by atoms with Crippen LogP contribution in [-0.2, 0) is 0 Å². The van der Waals surface area contributed by atoms with Crippen LogP contribution in [0.3, 0.4) is 0 Å². The molecule has 0 unspecified atom stereocenters. The van der Waals surface area contributed by atoms with Crippen molar-refractivity contribution in [2.45, 2.75) is 13.0 Å². The number of halogens is 1. The summed E-state index contributed by atoms with van der Waals surface area (Å²) in [5, 5.41) is 26.9. The number of aliphatic hydroxyl groups is 1. The van der Waals surface area contributed by atoms with Crippen LogP contribution in [0.5, 0.6) is 0 Å². The third kappa shape index (κ3) is 2.93. The summed E-state index contributed by atoms with van der Waals surface area (Å²) in [5.41, 5.74) is 0.487. The quantitative estimate of drug-likeness (QED) is 0.804. The Hall–Kier alpha value is -2.11. The van der Waals surface area contributed by atoms with Gasteiger partial charge in [0.1, 0.15) is 18.9 Å². The molecule has 1 N–H and O–H groups in total. The number of nitrogens with zero attached hydrogens (tertiary/aromatic N) is 3. The van der Waals surface area contributed by atoms with Crippen molar-refractivity contribution in [1.29, 1.82) is 10.5 Å². The molecule has 0 aliphatic rings. The van der Waals surface area contributed by atoms with E-state index in [0.29, 0.717) is 5.69 Å². The number of benzene rings is 1. The number of hydrogen-bond acceptors (Lipinski definition) is 4. The van der Waals surface area contributed by atoms with Crippen LogP contribution in [0.25, 0.3) is 0 Å². The van der Waals surface area contributed by atoms with E-state index in [1.807, 2.05) is 12.1 Å². The Labute approximate surface area is 99.1 Å². The molecule has 0 fully saturated rings. The van der Waals surface area contributed by atoms with Gasteiger partial charge in [-0.25, -0.2) is 4.39 Å². The fraction of sp³-hybridized carbons (Fsp3) is 0.333. The van der Waals surface area contributed by atoms with E-state index in [9.17, 15) is 9.50 Å². The minimum absolute atomic E-state index is 0.0310. The van der Waals surface area contributed by atoms with Crippen LogP contribution in [0.4, 0.5) is 10.1 Å². The van der Waals surface area contributed by atoms with Crippen LogP contribution < -0.4 is 4.90 Å². The van der Waals surface area contributed by atoms with E-state index < -0.39 is 11.9 Å². The highest BCUT2D eigenvalue weighted by Gasteiger charge is 2.17. The summed E-state index contributed by atoms with van der Waals surface area (Å²) in [6, 6.07) is 8.12. The van der Waals surface area contributed by atoms with Crippen LogP contribution >= 0.6 is 0 Å². The van der Waals surface area contributed by atoms with Gasteiger partial charge in [-0.15, -0.1) is 0 Å². The first-order valence-corrected chi connectivity index (χ1v) is 5.07. The number of anilines is 1. The average molecular weight is 233 g/mol. The summed E-state index contributed by atoms with van der Waals surface area (Å²) in [6.45, 7) is 1.38. The Bertz CT molecular complexity index is 458. The second kappa shape index (κ2) is 5.83. The van der Waals surface area contributed by atoms with Crippen molar-refractivity contribution in [3.63, 3.8) is 0 Å². The zero-order chi connectivity index (χ0) is 12.8. The Morgan fingerprint density at radius 2 is 1.94 bits per heavy atom. The van der Waals surface area contributed by atoms with Crippen molar-refractivity contribution < 1.29 is 9.50 Å². The van der Waals surface area contributed by atoms with Crippen molar-refractivity contribution in [3.05, 3.63) is 29.6 Å². The lowest BCUT2D eigenvalue weighted by Gasteiger charge is -2.23. The zero-order valence-electron chi connectivity index (χ0n) is 9.39. The lowest BCUT2D eigenvalue weighted by molar-refractivity contribution is 0.194. The topological polar surface area (TPSA) is 71.0 Å². The highest BCUT2D eigenvalue weighted by molar-refractivity contribution is 5.56. The van der Waals surface area contributed by atoms with Crippen molar-refractivity contribution in [3.8, 4) is 12.1 Å². The first-order chi connectivity index (χ1) is 8.11. The molecule has 0 aliphatic heterocycles. The second-order valence-electron chi connectivity index (χ2n) is 3.52. The fourth-order valence-corrected chi connectivity index (χ4v) is 1.61. The average Bonchev–Trinajstić information content (AvgIpc) is 2.28.